The first-order chi connectivity index (χ1) is 8.37. The summed E-state index contributed by atoms with van der Waals surface area (Å²) in [5.74, 6) is 2.66. The van der Waals surface area contributed by atoms with E-state index in [0.29, 0.717) is 10.3 Å². The molecule has 0 N–H and O–H groups in total. The Morgan fingerprint density at radius 3 is 1.22 bits per heavy atom. The van der Waals surface area contributed by atoms with Gasteiger partial charge < -0.3 is 0 Å². The molecule has 0 aromatic rings. The zero-order valence-corrected chi connectivity index (χ0v) is 14.9. The molecule has 0 aromatic carbocycles. The van der Waals surface area contributed by atoms with E-state index in [1.165, 1.54) is 25.7 Å². The zero-order chi connectivity index (χ0) is 14.1. The Morgan fingerprint density at radius 1 is 0.722 bits per heavy atom. The first-order valence-electron chi connectivity index (χ1n) is 8.11. The number of hydrogen-bond acceptors (Lipinski definition) is 0. The number of hydrogen-bond donors (Lipinski definition) is 0. The molecule has 1 heteroatoms. The maximum Gasteiger partial charge on any atom is -0.00688 e. The maximum absolute atomic E-state index is 2.63. The number of rotatable bonds is 4. The van der Waals surface area contributed by atoms with Gasteiger partial charge in [0.25, 0.3) is 0 Å². The molecule has 1 aliphatic rings. The van der Waals surface area contributed by atoms with Crippen molar-refractivity contribution in [2.24, 2.45) is 17.8 Å². The Bertz CT molecular complexity index is 237. The van der Waals surface area contributed by atoms with Crippen LogP contribution < -0.4 is 0 Å². The average Bonchev–Trinajstić information content (AvgIpc) is 2.40. The summed E-state index contributed by atoms with van der Waals surface area (Å²) in [5.41, 5.74) is 0. The highest BCUT2D eigenvalue weighted by molar-refractivity contribution is 7.60. The van der Waals surface area contributed by atoms with Crippen molar-refractivity contribution in [3.63, 3.8) is 0 Å². The lowest BCUT2D eigenvalue weighted by Crippen LogP contribution is -2.54. The molecule has 2 unspecified atom stereocenters. The Balaban J connectivity index is 3.32. The zero-order valence-electron chi connectivity index (χ0n) is 14.0. The van der Waals surface area contributed by atoms with Gasteiger partial charge in [-0.3, -0.25) is 0 Å². The molecule has 0 saturated carbocycles. The molecule has 0 nitrogen and oxygen atoms in total. The molecular formula is C17H35P. The highest BCUT2D eigenvalue weighted by Gasteiger charge is 2.56. The molecule has 1 fully saturated rings. The predicted octanol–water partition coefficient (Wildman–Crippen LogP) is 6.14. The SMILES string of the molecule is CCC1(CC)C(C)C(C)C(C)C(CC)(CC)P1C. The smallest absolute Gasteiger partial charge is 0.00688 e. The summed E-state index contributed by atoms with van der Waals surface area (Å²) in [6.45, 7) is 20.0. The third kappa shape index (κ3) is 1.98. The molecule has 0 radical (unpaired) electrons. The minimum atomic E-state index is 0.107. The minimum Gasteiger partial charge on any atom is -0.0966 e. The first-order valence-corrected chi connectivity index (χ1v) is 9.90. The summed E-state index contributed by atoms with van der Waals surface area (Å²) < 4.78 is 0. The van der Waals surface area contributed by atoms with E-state index in [4.69, 9.17) is 0 Å². The van der Waals surface area contributed by atoms with Gasteiger partial charge in [-0.2, -0.15) is 0 Å². The molecule has 1 heterocycles. The topological polar surface area (TPSA) is 0 Å². The van der Waals surface area contributed by atoms with E-state index in [1.807, 2.05) is 0 Å². The van der Waals surface area contributed by atoms with Crippen LogP contribution in [-0.4, -0.2) is 17.0 Å². The molecule has 0 amide bonds. The van der Waals surface area contributed by atoms with Gasteiger partial charge in [-0.25, -0.2) is 0 Å². The summed E-state index contributed by atoms with van der Waals surface area (Å²) in [6, 6.07) is 0. The van der Waals surface area contributed by atoms with Crippen molar-refractivity contribution in [1.29, 1.82) is 0 Å². The van der Waals surface area contributed by atoms with Crippen LogP contribution in [-0.2, 0) is 0 Å². The van der Waals surface area contributed by atoms with Gasteiger partial charge in [0.2, 0.25) is 0 Å². The van der Waals surface area contributed by atoms with E-state index in [2.05, 4.69) is 55.1 Å². The van der Waals surface area contributed by atoms with Crippen molar-refractivity contribution < 1.29 is 0 Å². The van der Waals surface area contributed by atoms with E-state index in [9.17, 15) is 0 Å². The Kier molecular flexibility index (Phi) is 5.33. The molecule has 1 aliphatic heterocycles. The highest BCUT2D eigenvalue weighted by atomic mass is 31.1. The molecule has 0 bridgehead atoms. The van der Waals surface area contributed by atoms with Crippen molar-refractivity contribution in [1.82, 2.24) is 0 Å². The van der Waals surface area contributed by atoms with Crippen LogP contribution in [0.1, 0.15) is 74.1 Å². The van der Waals surface area contributed by atoms with Gasteiger partial charge in [0.1, 0.15) is 0 Å². The predicted molar refractivity (Wildman–Crippen MR) is 87.0 cm³/mol. The second-order valence-electron chi connectivity index (χ2n) is 6.62. The lowest BCUT2D eigenvalue weighted by atomic mass is 9.68. The summed E-state index contributed by atoms with van der Waals surface area (Å²) in [7, 11) is 0.107. The fourth-order valence-electron chi connectivity index (χ4n) is 5.20. The van der Waals surface area contributed by atoms with Gasteiger partial charge in [0.05, 0.1) is 0 Å². The van der Waals surface area contributed by atoms with E-state index in [0.717, 1.165) is 17.8 Å². The Labute approximate surface area is 117 Å². The molecule has 18 heavy (non-hydrogen) atoms. The van der Waals surface area contributed by atoms with Gasteiger partial charge in [-0.05, 0) is 60.4 Å². The van der Waals surface area contributed by atoms with Crippen molar-refractivity contribution in [2.75, 3.05) is 6.66 Å². The van der Waals surface area contributed by atoms with Crippen LogP contribution in [0.2, 0.25) is 0 Å². The van der Waals surface area contributed by atoms with Crippen LogP contribution in [0, 0.1) is 17.8 Å². The minimum absolute atomic E-state index is 0.107. The van der Waals surface area contributed by atoms with Crippen LogP contribution in [0.15, 0.2) is 0 Å². The van der Waals surface area contributed by atoms with E-state index in [-0.39, 0.29) is 7.92 Å². The fraction of sp³-hybridized carbons (Fsp3) is 1.00. The van der Waals surface area contributed by atoms with Gasteiger partial charge in [-0.15, -0.1) is 0 Å². The molecule has 108 valence electrons. The quantitative estimate of drug-likeness (QED) is 0.538. The third-order valence-corrected chi connectivity index (χ3v) is 11.8. The summed E-state index contributed by atoms with van der Waals surface area (Å²) in [6.07, 6.45) is 5.52. The highest BCUT2D eigenvalue weighted by Crippen LogP contribution is 2.72. The molecule has 0 aliphatic carbocycles. The Morgan fingerprint density at radius 2 is 1.00 bits per heavy atom. The third-order valence-electron chi connectivity index (χ3n) is 7.06. The van der Waals surface area contributed by atoms with Gasteiger partial charge in [0, 0.05) is 0 Å². The van der Waals surface area contributed by atoms with Crippen LogP contribution in [0.4, 0.5) is 0 Å². The maximum atomic E-state index is 2.63. The average molecular weight is 270 g/mol. The first kappa shape index (κ1) is 16.5. The molecule has 2 atom stereocenters. The fourth-order valence-corrected chi connectivity index (χ4v) is 9.68. The van der Waals surface area contributed by atoms with E-state index in [1.54, 1.807) is 0 Å². The second kappa shape index (κ2) is 5.82. The lowest BCUT2D eigenvalue weighted by Gasteiger charge is -2.62. The van der Waals surface area contributed by atoms with Crippen molar-refractivity contribution in [2.45, 2.75) is 84.5 Å². The molecular weight excluding hydrogens is 235 g/mol. The second-order valence-corrected chi connectivity index (χ2v) is 9.52. The molecule has 1 saturated heterocycles. The summed E-state index contributed by atoms with van der Waals surface area (Å²) in [4.78, 5) is 0. The molecule has 0 aromatic heterocycles. The van der Waals surface area contributed by atoms with E-state index >= 15 is 0 Å². The standard InChI is InChI=1S/C17H35P/c1-9-16(10-2)14(6)13(5)15(7)17(11-3,12-4)18(16)8/h13-15H,9-12H2,1-8H3. The van der Waals surface area contributed by atoms with Crippen LogP contribution in [0.3, 0.4) is 0 Å². The van der Waals surface area contributed by atoms with Crippen LogP contribution >= 0.6 is 7.92 Å². The van der Waals surface area contributed by atoms with E-state index < -0.39 is 0 Å². The van der Waals surface area contributed by atoms with Crippen molar-refractivity contribution in [3.05, 3.63) is 0 Å². The summed E-state index contributed by atoms with van der Waals surface area (Å²) in [5, 5.41) is 1.26. The molecule has 0 spiro atoms. The Hall–Kier alpha value is 0.430. The van der Waals surface area contributed by atoms with Crippen molar-refractivity contribution in [3.8, 4) is 0 Å². The lowest BCUT2D eigenvalue weighted by molar-refractivity contribution is 0.141. The van der Waals surface area contributed by atoms with Crippen LogP contribution in [0.5, 0.6) is 0 Å². The van der Waals surface area contributed by atoms with Gasteiger partial charge in [-0.1, -0.05) is 56.4 Å². The monoisotopic (exact) mass is 270 g/mol. The van der Waals surface area contributed by atoms with Gasteiger partial charge in [0.15, 0.2) is 0 Å². The molecule has 1 rings (SSSR count). The largest absolute Gasteiger partial charge is 0.0966 e. The van der Waals surface area contributed by atoms with Crippen LogP contribution in [0.25, 0.3) is 0 Å². The normalized spacial score (nSPS) is 38.7. The summed E-state index contributed by atoms with van der Waals surface area (Å²) >= 11 is 0. The van der Waals surface area contributed by atoms with Crippen molar-refractivity contribution >= 4 is 7.92 Å². The van der Waals surface area contributed by atoms with Gasteiger partial charge >= 0.3 is 0 Å².